The Morgan fingerprint density at radius 2 is 1.02 bits per heavy atom. The normalized spacial score (nSPS) is 56.2. The molecule has 0 radical (unpaired) electrons. The first-order valence-electron chi connectivity index (χ1n) is 23.2. The van der Waals surface area contributed by atoms with Crippen molar-refractivity contribution in [2.75, 3.05) is 13.2 Å². The van der Waals surface area contributed by atoms with E-state index in [1.165, 1.54) is 83.5 Å². The molecule has 0 aromatic carbocycles. The molecule has 56 heavy (non-hydrogen) atoms. The lowest BCUT2D eigenvalue weighted by atomic mass is 9.63. The first-order valence-corrected chi connectivity index (χ1v) is 23.2. The highest BCUT2D eigenvalue weighted by Crippen LogP contribution is 2.63. The van der Waals surface area contributed by atoms with Gasteiger partial charge in [-0.25, -0.2) is 0 Å². The summed E-state index contributed by atoms with van der Waals surface area (Å²) >= 11 is 0. The van der Waals surface area contributed by atoms with Crippen LogP contribution < -0.4 is 0 Å². The molecule has 12 nitrogen and oxygen atoms in total. The molecule has 12 heteroatoms. The Bertz CT molecular complexity index is 1450. The smallest absolute Gasteiger partial charge is 0.281 e. The van der Waals surface area contributed by atoms with E-state index in [0.717, 1.165) is 96.7 Å². The number of ether oxygens (including phenoxy) is 12. The molecule has 14 fully saturated rings. The average molecular weight is 789 g/mol. The van der Waals surface area contributed by atoms with Crippen LogP contribution in [0.5, 0.6) is 0 Å². The molecule has 6 saturated carbocycles. The van der Waals surface area contributed by atoms with Crippen LogP contribution >= 0.6 is 0 Å². The SMILES string of the molecule is C1CCC23CC4CCC2(C1)OC(O4)O3.C1CCC23CCCOC(OC2C1)O3.CC12OC3CCC4(CCCCC4(C3)O1)O2.CC12OCCCC3(CCCCC3O1)O2. The van der Waals surface area contributed by atoms with Crippen LogP contribution in [0.4, 0.5) is 0 Å². The van der Waals surface area contributed by atoms with E-state index in [1.54, 1.807) is 0 Å². The molecule has 0 N–H and O–H groups in total. The standard InChI is InChI=1S/C12H18O3.C11H16O3.C11H18O3.C10H16O3/c1-10-13-9-4-7-11(14-10)5-2-3-6-12(11,8-9)15-10;1-2-5-11-7-8-3-6-10(11,4-1)13-9(12-8)14-11;1-10-12-8-4-7-11(14-10)6-3-2-5-9(11)13-10;1-2-5-10-6-3-7-11-9(13-10)12-8(10)4-1/h9H,2-8H2,1H3;8-9H,1-7H2;9H,2-8H2,1H3;8-9H,1-7H2. The second-order valence-electron chi connectivity index (χ2n) is 20.1. The monoisotopic (exact) mass is 788 g/mol. The zero-order chi connectivity index (χ0) is 37.7. The number of rotatable bonds is 0. The Morgan fingerprint density at radius 3 is 1.89 bits per heavy atom. The molecule has 0 aromatic heterocycles. The van der Waals surface area contributed by atoms with Crippen molar-refractivity contribution >= 4 is 0 Å². The molecule has 8 saturated heterocycles. The summed E-state index contributed by atoms with van der Waals surface area (Å²) in [5, 5.41) is 0. The van der Waals surface area contributed by atoms with Gasteiger partial charge in [0.2, 0.25) is 0 Å². The third-order valence-electron chi connectivity index (χ3n) is 16.7. The van der Waals surface area contributed by atoms with E-state index < -0.39 is 11.9 Å². The molecular weight excluding hydrogens is 720 g/mol. The van der Waals surface area contributed by atoms with Crippen molar-refractivity contribution in [3.05, 3.63) is 0 Å². The zero-order valence-corrected chi connectivity index (χ0v) is 34.2. The van der Waals surface area contributed by atoms with E-state index in [9.17, 15) is 0 Å². The third kappa shape index (κ3) is 6.26. The number of fused-ring (bicyclic) bond motifs is 6. The summed E-state index contributed by atoms with van der Waals surface area (Å²) in [4.78, 5) is 0. The molecule has 10 bridgehead atoms. The highest BCUT2D eigenvalue weighted by atomic mass is 16.9. The molecule has 14 atom stereocenters. The topological polar surface area (TPSA) is 111 Å². The van der Waals surface area contributed by atoms with Gasteiger partial charge in [0, 0.05) is 26.7 Å². The van der Waals surface area contributed by atoms with Gasteiger partial charge in [-0.2, -0.15) is 0 Å². The third-order valence-corrected chi connectivity index (χ3v) is 16.7. The number of hydrogen-bond donors (Lipinski definition) is 0. The van der Waals surface area contributed by atoms with Gasteiger partial charge in [-0.15, -0.1) is 0 Å². The van der Waals surface area contributed by atoms with E-state index in [4.69, 9.17) is 56.8 Å². The van der Waals surface area contributed by atoms with Gasteiger partial charge >= 0.3 is 0 Å². The fourth-order valence-electron chi connectivity index (χ4n) is 14.3. The predicted molar refractivity (Wildman–Crippen MR) is 199 cm³/mol. The summed E-state index contributed by atoms with van der Waals surface area (Å²) in [5.74, 6) is -1.48. The van der Waals surface area contributed by atoms with Crippen molar-refractivity contribution in [2.24, 2.45) is 0 Å². The molecule has 6 aliphatic carbocycles. The first kappa shape index (κ1) is 38.4. The van der Waals surface area contributed by atoms with Gasteiger partial charge in [-0.1, -0.05) is 51.4 Å². The summed E-state index contributed by atoms with van der Waals surface area (Å²) in [6, 6.07) is 0. The Labute approximate surface area is 333 Å². The van der Waals surface area contributed by atoms with Crippen molar-refractivity contribution in [1.82, 2.24) is 0 Å². The summed E-state index contributed by atoms with van der Waals surface area (Å²) < 4.78 is 70.5. The second-order valence-corrected chi connectivity index (χ2v) is 20.1. The van der Waals surface area contributed by atoms with E-state index in [2.05, 4.69) is 0 Å². The second kappa shape index (κ2) is 14.0. The van der Waals surface area contributed by atoms with Crippen LogP contribution in [0, 0.1) is 0 Å². The minimum atomic E-state index is -0.745. The lowest BCUT2D eigenvalue weighted by Gasteiger charge is -2.51. The van der Waals surface area contributed by atoms with Gasteiger partial charge in [0.05, 0.1) is 37.6 Å². The van der Waals surface area contributed by atoms with Crippen LogP contribution in [0.3, 0.4) is 0 Å². The maximum atomic E-state index is 6.20. The van der Waals surface area contributed by atoms with Crippen molar-refractivity contribution in [2.45, 2.75) is 264 Å². The van der Waals surface area contributed by atoms with Crippen LogP contribution in [-0.2, 0) is 56.8 Å². The largest absolute Gasteiger partial charge is 0.330 e. The van der Waals surface area contributed by atoms with Crippen LogP contribution in [-0.4, -0.2) is 96.1 Å². The maximum Gasteiger partial charge on any atom is 0.281 e. The van der Waals surface area contributed by atoms with Crippen molar-refractivity contribution in [1.29, 1.82) is 0 Å². The molecular formula is C44H68O12. The molecule has 316 valence electrons. The van der Waals surface area contributed by atoms with Crippen LogP contribution in [0.25, 0.3) is 0 Å². The molecule has 4 spiro atoms. The minimum Gasteiger partial charge on any atom is -0.330 e. The number of hydrogen-bond acceptors (Lipinski definition) is 12. The van der Waals surface area contributed by atoms with Gasteiger partial charge in [0.1, 0.15) is 33.6 Å². The van der Waals surface area contributed by atoms with Gasteiger partial charge in [-0.3, -0.25) is 0 Å². The minimum absolute atomic E-state index is 0.00116. The first-order chi connectivity index (χ1) is 27.1. The molecule has 14 aliphatic rings. The molecule has 8 aliphatic heterocycles. The predicted octanol–water partition coefficient (Wildman–Crippen LogP) is 8.30. The van der Waals surface area contributed by atoms with Crippen LogP contribution in [0.15, 0.2) is 0 Å². The van der Waals surface area contributed by atoms with Gasteiger partial charge < -0.3 is 56.8 Å². The van der Waals surface area contributed by atoms with Gasteiger partial charge in [0.25, 0.3) is 24.9 Å². The molecule has 14 unspecified atom stereocenters. The summed E-state index contributed by atoms with van der Waals surface area (Å²) in [6.07, 6.45) is 32.1. The van der Waals surface area contributed by atoms with Crippen molar-refractivity contribution in [3.63, 3.8) is 0 Å². The van der Waals surface area contributed by atoms with Gasteiger partial charge in [-0.05, 0) is 103 Å². The van der Waals surface area contributed by atoms with E-state index in [0.29, 0.717) is 18.3 Å². The lowest BCUT2D eigenvalue weighted by molar-refractivity contribution is -0.376. The molecule has 0 aromatic rings. The Hall–Kier alpha value is -0.480. The van der Waals surface area contributed by atoms with Crippen molar-refractivity contribution < 1.29 is 56.8 Å². The zero-order valence-electron chi connectivity index (χ0n) is 34.2. The van der Waals surface area contributed by atoms with E-state index >= 15 is 0 Å². The van der Waals surface area contributed by atoms with Gasteiger partial charge in [0.15, 0.2) is 0 Å². The van der Waals surface area contributed by atoms with E-state index in [-0.39, 0.29) is 52.7 Å². The maximum absolute atomic E-state index is 6.20. The van der Waals surface area contributed by atoms with E-state index in [1.807, 2.05) is 13.8 Å². The highest BCUT2D eigenvalue weighted by molar-refractivity contribution is 5.16. The molecule has 0 amide bonds. The Morgan fingerprint density at radius 1 is 0.393 bits per heavy atom. The van der Waals surface area contributed by atoms with Crippen molar-refractivity contribution in [3.8, 4) is 0 Å². The molecule has 14 rings (SSSR count). The van der Waals surface area contributed by atoms with Crippen LogP contribution in [0.1, 0.15) is 181 Å². The van der Waals surface area contributed by atoms with Crippen LogP contribution in [0.2, 0.25) is 0 Å². The fourth-order valence-corrected chi connectivity index (χ4v) is 14.3. The summed E-state index contributed by atoms with van der Waals surface area (Å²) in [7, 11) is 0. The Kier molecular flexibility index (Phi) is 9.63. The quantitative estimate of drug-likeness (QED) is 0.236. The lowest BCUT2D eigenvalue weighted by Crippen LogP contribution is -2.59. The molecule has 8 heterocycles. The highest BCUT2D eigenvalue weighted by Gasteiger charge is 2.72. The Balaban J connectivity index is 0.0000000865. The summed E-state index contributed by atoms with van der Waals surface area (Å²) in [6.45, 7) is 4.73. The average Bonchev–Trinajstić information content (AvgIpc) is 3.65. The summed E-state index contributed by atoms with van der Waals surface area (Å²) in [5.41, 5.74) is 0.0804. The fraction of sp³-hybridized carbons (Fsp3) is 1.00.